The van der Waals surface area contributed by atoms with Crippen LogP contribution < -0.4 is 5.32 Å². The molecule has 1 fully saturated rings. The van der Waals surface area contributed by atoms with E-state index in [2.05, 4.69) is 36.5 Å². The molecular weight excluding hydrogens is 420 g/mol. The number of nitrogens with zero attached hydrogens (tertiary/aromatic N) is 1. The van der Waals surface area contributed by atoms with Gasteiger partial charge in [0, 0.05) is 23.7 Å². The Morgan fingerprint density at radius 3 is 2.09 bits per heavy atom. The maximum atomic E-state index is 13.6. The third-order valence-corrected chi connectivity index (χ3v) is 6.85. The standard InChI is InChI=1S/C27H37ClN2O2/c1-17-15-18(2)23(19(3)16-17)25(31)29-24(27(4,5)6)26(32)30-13-11-21(12-14-30)20-7-9-22(28)10-8-20/h7-10,15-16,21,24-25,29,31H,11-14H2,1-6H3/t24-,25+/m0/s1. The summed E-state index contributed by atoms with van der Waals surface area (Å²) in [6.07, 6.45) is 0.974. The summed E-state index contributed by atoms with van der Waals surface area (Å²) in [6, 6.07) is 11.7. The van der Waals surface area contributed by atoms with E-state index >= 15 is 0 Å². The van der Waals surface area contributed by atoms with Crippen LogP contribution in [0.4, 0.5) is 0 Å². The van der Waals surface area contributed by atoms with E-state index in [1.165, 1.54) is 11.1 Å². The number of rotatable bonds is 5. The number of amides is 1. The highest BCUT2D eigenvalue weighted by Gasteiger charge is 2.37. The molecule has 2 N–H and O–H groups in total. The van der Waals surface area contributed by atoms with Crippen LogP contribution in [-0.4, -0.2) is 35.0 Å². The fourth-order valence-electron chi connectivity index (χ4n) is 4.91. The average Bonchev–Trinajstić information content (AvgIpc) is 2.70. The van der Waals surface area contributed by atoms with Crippen LogP contribution in [0.2, 0.25) is 5.02 Å². The quantitative estimate of drug-likeness (QED) is 0.570. The first-order valence-electron chi connectivity index (χ1n) is 11.5. The smallest absolute Gasteiger partial charge is 0.240 e. The molecular formula is C27H37ClN2O2. The van der Waals surface area contributed by atoms with E-state index in [0.717, 1.165) is 47.6 Å². The van der Waals surface area contributed by atoms with Crippen LogP contribution in [0.5, 0.6) is 0 Å². The van der Waals surface area contributed by atoms with Gasteiger partial charge in [0.05, 0.1) is 6.04 Å². The second kappa shape index (κ2) is 9.94. The van der Waals surface area contributed by atoms with E-state index in [0.29, 0.717) is 5.92 Å². The lowest BCUT2D eigenvalue weighted by Crippen LogP contribution is -2.55. The highest BCUT2D eigenvalue weighted by molar-refractivity contribution is 6.30. The minimum absolute atomic E-state index is 0.0634. The predicted octanol–water partition coefficient (Wildman–Crippen LogP) is 5.67. The van der Waals surface area contributed by atoms with Crippen molar-refractivity contribution in [1.29, 1.82) is 0 Å². The number of carbonyl (C=O) groups excluding carboxylic acids is 1. The van der Waals surface area contributed by atoms with Gasteiger partial charge in [0.25, 0.3) is 0 Å². The number of aliphatic hydroxyl groups is 1. The number of nitrogens with one attached hydrogen (secondary N) is 1. The molecule has 0 spiro atoms. The SMILES string of the molecule is Cc1cc(C)c([C@@H](O)N[C@@H](C(=O)N2CCC(c3ccc(Cl)cc3)CC2)C(C)(C)C)c(C)c1. The van der Waals surface area contributed by atoms with Crippen LogP contribution >= 0.6 is 11.6 Å². The molecule has 1 heterocycles. The molecule has 4 nitrogen and oxygen atoms in total. The summed E-state index contributed by atoms with van der Waals surface area (Å²) in [7, 11) is 0. The molecule has 0 bridgehead atoms. The Hall–Kier alpha value is -1.88. The third kappa shape index (κ3) is 5.72. The van der Waals surface area contributed by atoms with Crippen LogP contribution in [0.25, 0.3) is 0 Å². The number of halogens is 1. The summed E-state index contributed by atoms with van der Waals surface area (Å²) in [4.78, 5) is 15.5. The Morgan fingerprint density at radius 2 is 1.59 bits per heavy atom. The molecule has 2 aromatic carbocycles. The van der Waals surface area contributed by atoms with Crippen molar-refractivity contribution in [2.24, 2.45) is 5.41 Å². The van der Waals surface area contributed by atoms with E-state index in [1.54, 1.807) is 0 Å². The van der Waals surface area contributed by atoms with Crippen LogP contribution in [-0.2, 0) is 4.79 Å². The van der Waals surface area contributed by atoms with Crippen molar-refractivity contribution in [3.05, 3.63) is 69.2 Å². The van der Waals surface area contributed by atoms with Gasteiger partial charge in [-0.2, -0.15) is 0 Å². The van der Waals surface area contributed by atoms with Crippen molar-refractivity contribution < 1.29 is 9.90 Å². The monoisotopic (exact) mass is 456 g/mol. The number of aryl methyl sites for hydroxylation is 3. The third-order valence-electron chi connectivity index (χ3n) is 6.60. The molecule has 1 aliphatic heterocycles. The summed E-state index contributed by atoms with van der Waals surface area (Å²) in [5.74, 6) is 0.509. The summed E-state index contributed by atoms with van der Waals surface area (Å²) in [6.45, 7) is 13.7. The topological polar surface area (TPSA) is 52.6 Å². The molecule has 1 saturated heterocycles. The van der Waals surface area contributed by atoms with Gasteiger partial charge in [0.2, 0.25) is 5.91 Å². The molecule has 174 valence electrons. The van der Waals surface area contributed by atoms with Crippen LogP contribution in [0.1, 0.15) is 73.6 Å². The summed E-state index contributed by atoms with van der Waals surface area (Å²) in [5.41, 5.74) is 5.05. The molecule has 0 unspecified atom stereocenters. The van der Waals surface area contributed by atoms with Crippen molar-refractivity contribution in [2.75, 3.05) is 13.1 Å². The van der Waals surface area contributed by atoms with Gasteiger partial charge in [-0.25, -0.2) is 0 Å². The van der Waals surface area contributed by atoms with E-state index in [1.807, 2.05) is 51.7 Å². The van der Waals surface area contributed by atoms with E-state index in [9.17, 15) is 9.90 Å². The van der Waals surface area contributed by atoms with Crippen LogP contribution in [0, 0.1) is 26.2 Å². The maximum Gasteiger partial charge on any atom is 0.240 e. The predicted molar refractivity (Wildman–Crippen MR) is 132 cm³/mol. The van der Waals surface area contributed by atoms with Gasteiger partial charge in [-0.15, -0.1) is 0 Å². The summed E-state index contributed by atoms with van der Waals surface area (Å²) in [5, 5.41) is 15.1. The number of carbonyl (C=O) groups is 1. The lowest BCUT2D eigenvalue weighted by atomic mass is 9.84. The number of likely N-dealkylation sites (tertiary alicyclic amines) is 1. The molecule has 0 saturated carbocycles. The Labute approximate surface area is 198 Å². The second-order valence-electron chi connectivity index (χ2n) is 10.3. The molecule has 32 heavy (non-hydrogen) atoms. The van der Waals surface area contributed by atoms with Crippen molar-refractivity contribution in [3.63, 3.8) is 0 Å². The van der Waals surface area contributed by atoms with Crippen LogP contribution in [0.3, 0.4) is 0 Å². The number of hydrogen-bond donors (Lipinski definition) is 2. The fourth-order valence-corrected chi connectivity index (χ4v) is 5.03. The first-order valence-corrected chi connectivity index (χ1v) is 11.9. The summed E-state index contributed by atoms with van der Waals surface area (Å²) >= 11 is 6.03. The largest absolute Gasteiger partial charge is 0.374 e. The fraction of sp³-hybridized carbons (Fsp3) is 0.519. The highest BCUT2D eigenvalue weighted by Crippen LogP contribution is 2.32. The van der Waals surface area contributed by atoms with E-state index in [-0.39, 0.29) is 11.3 Å². The van der Waals surface area contributed by atoms with Gasteiger partial charge < -0.3 is 10.0 Å². The molecule has 0 aromatic heterocycles. The van der Waals surface area contributed by atoms with Crippen molar-refractivity contribution in [3.8, 4) is 0 Å². The van der Waals surface area contributed by atoms with Crippen LogP contribution in [0.15, 0.2) is 36.4 Å². The number of aliphatic hydroxyl groups excluding tert-OH is 1. The number of benzene rings is 2. The van der Waals surface area contributed by atoms with Gasteiger partial charge >= 0.3 is 0 Å². The van der Waals surface area contributed by atoms with Crippen molar-refractivity contribution in [1.82, 2.24) is 10.2 Å². The Kier molecular flexibility index (Phi) is 7.69. The average molecular weight is 457 g/mol. The molecule has 1 aliphatic rings. The zero-order valence-electron chi connectivity index (χ0n) is 20.2. The molecule has 0 aliphatic carbocycles. The lowest BCUT2D eigenvalue weighted by molar-refractivity contribution is -0.138. The van der Waals surface area contributed by atoms with E-state index in [4.69, 9.17) is 11.6 Å². The number of hydrogen-bond acceptors (Lipinski definition) is 3. The Morgan fingerprint density at radius 1 is 1.06 bits per heavy atom. The number of piperidine rings is 1. The molecule has 2 aromatic rings. The lowest BCUT2D eigenvalue weighted by Gasteiger charge is -2.39. The molecule has 5 heteroatoms. The molecule has 3 rings (SSSR count). The van der Waals surface area contributed by atoms with Crippen molar-refractivity contribution in [2.45, 2.75) is 72.6 Å². The van der Waals surface area contributed by atoms with Gasteiger partial charge in [0.1, 0.15) is 6.23 Å². The maximum absolute atomic E-state index is 13.6. The van der Waals surface area contributed by atoms with Gasteiger partial charge in [0.15, 0.2) is 0 Å². The minimum atomic E-state index is -0.893. The second-order valence-corrected chi connectivity index (χ2v) is 10.8. The first-order chi connectivity index (χ1) is 15.0. The normalized spacial score (nSPS) is 17.3. The zero-order valence-corrected chi connectivity index (χ0v) is 21.0. The minimum Gasteiger partial charge on any atom is -0.374 e. The highest BCUT2D eigenvalue weighted by atomic mass is 35.5. The molecule has 2 atom stereocenters. The van der Waals surface area contributed by atoms with E-state index < -0.39 is 12.3 Å². The Balaban J connectivity index is 1.71. The van der Waals surface area contributed by atoms with Gasteiger partial charge in [-0.3, -0.25) is 10.1 Å². The first kappa shape index (κ1) is 24.8. The van der Waals surface area contributed by atoms with Crippen molar-refractivity contribution >= 4 is 17.5 Å². The van der Waals surface area contributed by atoms with Gasteiger partial charge in [-0.05, 0) is 73.8 Å². The summed E-state index contributed by atoms with van der Waals surface area (Å²) < 4.78 is 0. The zero-order chi connectivity index (χ0) is 23.6. The Bertz CT molecular complexity index is 918. The van der Waals surface area contributed by atoms with Gasteiger partial charge in [-0.1, -0.05) is 62.2 Å². The molecule has 0 radical (unpaired) electrons. The molecule has 1 amide bonds.